The van der Waals surface area contributed by atoms with E-state index in [0.717, 1.165) is 12.4 Å². The van der Waals surface area contributed by atoms with E-state index >= 15 is 0 Å². The molecule has 2 rings (SSSR count). The van der Waals surface area contributed by atoms with Crippen LogP contribution in [0.1, 0.15) is 12.0 Å². The van der Waals surface area contributed by atoms with Gasteiger partial charge in [0.1, 0.15) is 0 Å². The van der Waals surface area contributed by atoms with E-state index in [0.29, 0.717) is 6.10 Å². The molecule has 1 aromatic heterocycles. The fraction of sp³-hybridized carbons (Fsp3) is 0.500. The molecule has 0 unspecified atom stereocenters. The Morgan fingerprint density at radius 3 is 2.93 bits per heavy atom. The van der Waals surface area contributed by atoms with Gasteiger partial charge in [-0.05, 0) is 24.1 Å². The summed E-state index contributed by atoms with van der Waals surface area (Å²) in [6.45, 7) is 0.721. The summed E-state index contributed by atoms with van der Waals surface area (Å²) < 4.78 is 5.81. The van der Waals surface area contributed by atoms with E-state index < -0.39 is 0 Å². The lowest BCUT2D eigenvalue weighted by Gasteiger charge is -2.20. The predicted molar refractivity (Wildman–Crippen MR) is 62.3 cm³/mol. The van der Waals surface area contributed by atoms with Gasteiger partial charge in [-0.2, -0.15) is 0 Å². The van der Waals surface area contributed by atoms with E-state index in [4.69, 9.17) is 4.74 Å². The van der Waals surface area contributed by atoms with E-state index in [1.165, 1.54) is 17.7 Å². The number of ether oxygens (including phenoxy) is 1. The van der Waals surface area contributed by atoms with E-state index in [2.05, 4.69) is 4.98 Å². The van der Waals surface area contributed by atoms with E-state index in [1.807, 2.05) is 46.1 Å². The largest absolute Gasteiger partial charge is 0.373 e. The molecule has 1 atom stereocenters. The standard InChI is InChI=1S/C10H13NOS2/c1-4-11-5-2-9(1)7-12-10-3-6-13-14-8-10/h1-2,4-5,10H,3,6-8H2/t10-/m0/s1. The van der Waals surface area contributed by atoms with Crippen LogP contribution in [0.25, 0.3) is 0 Å². The van der Waals surface area contributed by atoms with Crippen molar-refractivity contribution in [3.63, 3.8) is 0 Å². The Balaban J connectivity index is 1.76. The number of rotatable bonds is 3. The minimum Gasteiger partial charge on any atom is -0.373 e. The smallest absolute Gasteiger partial charge is 0.0722 e. The fourth-order valence-electron chi connectivity index (χ4n) is 1.27. The molecule has 0 bridgehead atoms. The summed E-state index contributed by atoms with van der Waals surface area (Å²) in [6, 6.07) is 4.01. The van der Waals surface area contributed by atoms with Crippen LogP contribution in [0.2, 0.25) is 0 Å². The quantitative estimate of drug-likeness (QED) is 0.740. The van der Waals surface area contributed by atoms with Gasteiger partial charge >= 0.3 is 0 Å². The second kappa shape index (κ2) is 5.63. The maximum absolute atomic E-state index is 5.81. The lowest BCUT2D eigenvalue weighted by atomic mass is 10.3. The second-order valence-electron chi connectivity index (χ2n) is 3.18. The molecule has 1 fully saturated rings. The number of pyridine rings is 1. The van der Waals surface area contributed by atoms with E-state index in [1.54, 1.807) is 0 Å². The average Bonchev–Trinajstić information content (AvgIpc) is 2.29. The van der Waals surface area contributed by atoms with Crippen LogP contribution in [0.4, 0.5) is 0 Å². The Bertz CT molecular complexity index is 262. The molecule has 14 heavy (non-hydrogen) atoms. The summed E-state index contributed by atoms with van der Waals surface area (Å²) in [5.74, 6) is 2.33. The molecule has 1 saturated heterocycles. The highest BCUT2D eigenvalue weighted by Gasteiger charge is 2.14. The van der Waals surface area contributed by atoms with Gasteiger partial charge in [0.05, 0.1) is 12.7 Å². The topological polar surface area (TPSA) is 22.1 Å². The Morgan fingerprint density at radius 1 is 1.36 bits per heavy atom. The van der Waals surface area contributed by atoms with Crippen LogP contribution in [0.5, 0.6) is 0 Å². The summed E-state index contributed by atoms with van der Waals surface area (Å²) in [4.78, 5) is 3.98. The summed E-state index contributed by atoms with van der Waals surface area (Å²) in [5, 5.41) is 0. The Morgan fingerprint density at radius 2 is 2.21 bits per heavy atom. The van der Waals surface area contributed by atoms with Crippen molar-refractivity contribution in [3.8, 4) is 0 Å². The van der Waals surface area contributed by atoms with Gasteiger partial charge in [0, 0.05) is 23.9 Å². The van der Waals surface area contributed by atoms with Crippen LogP contribution in [-0.2, 0) is 11.3 Å². The first-order valence-electron chi connectivity index (χ1n) is 4.70. The normalized spacial score (nSPS) is 22.1. The van der Waals surface area contributed by atoms with Crippen LogP contribution in [-0.4, -0.2) is 22.6 Å². The molecular formula is C10H13NOS2. The van der Waals surface area contributed by atoms with Crippen molar-refractivity contribution >= 4 is 21.6 Å². The van der Waals surface area contributed by atoms with Gasteiger partial charge in [0.25, 0.3) is 0 Å². The molecule has 4 heteroatoms. The number of hydrogen-bond donors (Lipinski definition) is 0. The molecule has 0 aromatic carbocycles. The van der Waals surface area contributed by atoms with E-state index in [-0.39, 0.29) is 0 Å². The highest BCUT2D eigenvalue weighted by molar-refractivity contribution is 8.76. The minimum absolute atomic E-state index is 0.439. The van der Waals surface area contributed by atoms with Crippen LogP contribution >= 0.6 is 21.6 Å². The maximum Gasteiger partial charge on any atom is 0.0722 e. The van der Waals surface area contributed by atoms with Gasteiger partial charge < -0.3 is 4.74 Å². The molecule has 0 saturated carbocycles. The molecular weight excluding hydrogens is 214 g/mol. The van der Waals surface area contributed by atoms with Gasteiger partial charge in [-0.25, -0.2) is 0 Å². The van der Waals surface area contributed by atoms with Crippen LogP contribution in [0.3, 0.4) is 0 Å². The zero-order valence-electron chi connectivity index (χ0n) is 7.89. The lowest BCUT2D eigenvalue weighted by Crippen LogP contribution is -2.19. The fourth-order valence-corrected chi connectivity index (χ4v) is 3.64. The molecule has 0 spiro atoms. The third kappa shape index (κ3) is 3.19. The second-order valence-corrected chi connectivity index (χ2v) is 5.81. The molecule has 2 heterocycles. The van der Waals surface area contributed by atoms with E-state index in [9.17, 15) is 0 Å². The Labute approximate surface area is 92.2 Å². The summed E-state index contributed by atoms with van der Waals surface area (Å²) in [7, 11) is 3.86. The first-order chi connectivity index (χ1) is 6.95. The molecule has 76 valence electrons. The molecule has 0 radical (unpaired) electrons. The van der Waals surface area contributed by atoms with Gasteiger partial charge in [-0.15, -0.1) is 0 Å². The van der Waals surface area contributed by atoms with Crippen LogP contribution in [0, 0.1) is 0 Å². The zero-order chi connectivity index (χ0) is 9.64. The number of aromatic nitrogens is 1. The van der Waals surface area contributed by atoms with Crippen molar-refractivity contribution in [2.45, 2.75) is 19.1 Å². The number of nitrogens with zero attached hydrogens (tertiary/aromatic N) is 1. The highest BCUT2D eigenvalue weighted by atomic mass is 33.1. The summed E-state index contributed by atoms with van der Waals surface area (Å²) >= 11 is 0. The van der Waals surface area contributed by atoms with Gasteiger partial charge in [0.15, 0.2) is 0 Å². The molecule has 1 aliphatic rings. The van der Waals surface area contributed by atoms with Crippen LogP contribution in [0.15, 0.2) is 24.5 Å². The summed E-state index contributed by atoms with van der Waals surface area (Å²) in [6.07, 6.45) is 5.24. The average molecular weight is 227 g/mol. The van der Waals surface area contributed by atoms with Crippen molar-refractivity contribution in [1.82, 2.24) is 4.98 Å². The number of hydrogen-bond acceptors (Lipinski definition) is 4. The Hall–Kier alpha value is -0.190. The molecule has 2 nitrogen and oxygen atoms in total. The van der Waals surface area contributed by atoms with Crippen molar-refractivity contribution in [3.05, 3.63) is 30.1 Å². The van der Waals surface area contributed by atoms with Crippen LogP contribution < -0.4 is 0 Å². The van der Waals surface area contributed by atoms with Crippen molar-refractivity contribution in [2.75, 3.05) is 11.5 Å². The summed E-state index contributed by atoms with van der Waals surface area (Å²) in [5.41, 5.74) is 1.21. The van der Waals surface area contributed by atoms with Gasteiger partial charge in [-0.3, -0.25) is 4.98 Å². The SMILES string of the molecule is c1cc(CO[C@H]2CCSSC2)ccn1. The van der Waals surface area contributed by atoms with Crippen molar-refractivity contribution in [2.24, 2.45) is 0 Å². The molecule has 0 aliphatic carbocycles. The molecule has 0 N–H and O–H groups in total. The molecule has 1 aromatic rings. The molecule has 1 aliphatic heterocycles. The first-order valence-corrected chi connectivity index (χ1v) is 7.19. The monoisotopic (exact) mass is 227 g/mol. The molecule has 0 amide bonds. The first kappa shape index (κ1) is 10.3. The zero-order valence-corrected chi connectivity index (χ0v) is 9.52. The van der Waals surface area contributed by atoms with Crippen molar-refractivity contribution in [1.29, 1.82) is 0 Å². The lowest BCUT2D eigenvalue weighted by molar-refractivity contribution is 0.0544. The Kier molecular flexibility index (Phi) is 4.16. The highest BCUT2D eigenvalue weighted by Crippen LogP contribution is 2.30. The van der Waals surface area contributed by atoms with Crippen molar-refractivity contribution < 1.29 is 4.74 Å². The predicted octanol–water partition coefficient (Wildman–Crippen LogP) is 2.75. The minimum atomic E-state index is 0.439. The van der Waals surface area contributed by atoms with Gasteiger partial charge in [0.2, 0.25) is 0 Å². The van der Waals surface area contributed by atoms with Gasteiger partial charge in [-0.1, -0.05) is 21.6 Å². The third-order valence-corrected chi connectivity index (χ3v) is 4.58. The third-order valence-electron chi connectivity index (χ3n) is 2.10. The maximum atomic E-state index is 5.81.